The van der Waals surface area contributed by atoms with Gasteiger partial charge in [0, 0.05) is 11.8 Å². The fourth-order valence-corrected chi connectivity index (χ4v) is 1.48. The van der Waals surface area contributed by atoms with Crippen molar-refractivity contribution in [3.8, 4) is 11.5 Å². The van der Waals surface area contributed by atoms with E-state index in [0.29, 0.717) is 17.4 Å². The van der Waals surface area contributed by atoms with Crippen molar-refractivity contribution in [1.82, 2.24) is 15.1 Å². The van der Waals surface area contributed by atoms with Gasteiger partial charge in [0.1, 0.15) is 5.69 Å². The molecule has 0 saturated heterocycles. The number of nitrogens with zero attached hydrogens (tertiary/aromatic N) is 3. The second-order valence-electron chi connectivity index (χ2n) is 3.62. The fraction of sp³-hybridized carbons (Fsp3) is 0.154. The summed E-state index contributed by atoms with van der Waals surface area (Å²) in [4.78, 5) is 8.47. The molecule has 0 aromatic carbocycles. The summed E-state index contributed by atoms with van der Waals surface area (Å²) in [5, 5.41) is 3.91. The van der Waals surface area contributed by atoms with Gasteiger partial charge in [-0.25, -0.2) is 0 Å². The highest BCUT2D eigenvalue weighted by molar-refractivity contribution is 5.73. The van der Waals surface area contributed by atoms with Gasteiger partial charge in [0.05, 0.1) is 0 Å². The molecule has 0 aliphatic carbocycles. The van der Waals surface area contributed by atoms with E-state index in [4.69, 9.17) is 4.52 Å². The zero-order valence-corrected chi connectivity index (χ0v) is 9.84. The van der Waals surface area contributed by atoms with Crippen LogP contribution in [0.5, 0.6) is 0 Å². The van der Waals surface area contributed by atoms with E-state index < -0.39 is 0 Å². The number of pyridine rings is 1. The summed E-state index contributed by atoms with van der Waals surface area (Å²) >= 11 is 0. The van der Waals surface area contributed by atoms with Gasteiger partial charge in [-0.15, -0.1) is 0 Å². The van der Waals surface area contributed by atoms with E-state index in [2.05, 4.69) is 21.7 Å². The first kappa shape index (κ1) is 11.3. The van der Waals surface area contributed by atoms with Crippen molar-refractivity contribution in [2.75, 3.05) is 0 Å². The van der Waals surface area contributed by atoms with Crippen LogP contribution in [0.2, 0.25) is 0 Å². The van der Waals surface area contributed by atoms with Crippen molar-refractivity contribution in [3.63, 3.8) is 0 Å². The minimum absolute atomic E-state index is 0.473. The molecular formula is C13H13N3O. The van der Waals surface area contributed by atoms with Crippen molar-refractivity contribution >= 4 is 5.57 Å². The lowest BCUT2D eigenvalue weighted by Gasteiger charge is -1.97. The molecule has 0 aliphatic heterocycles. The molecule has 4 nitrogen and oxygen atoms in total. The molecule has 2 aromatic heterocycles. The van der Waals surface area contributed by atoms with Gasteiger partial charge in [0.2, 0.25) is 5.82 Å². The quantitative estimate of drug-likeness (QED) is 0.756. The van der Waals surface area contributed by atoms with Crippen LogP contribution in [0.15, 0.2) is 47.1 Å². The Labute approximate surface area is 99.7 Å². The minimum atomic E-state index is 0.473. The maximum atomic E-state index is 5.20. The Bertz CT molecular complexity index is 555. The van der Waals surface area contributed by atoms with Gasteiger partial charge >= 0.3 is 0 Å². The zero-order valence-electron chi connectivity index (χ0n) is 9.84. The largest absolute Gasteiger partial charge is 0.334 e. The summed E-state index contributed by atoms with van der Waals surface area (Å²) in [6, 6.07) is 5.56. The molecule has 0 saturated carbocycles. The Morgan fingerprint density at radius 1 is 1.41 bits per heavy atom. The summed E-state index contributed by atoms with van der Waals surface area (Å²) in [5.74, 6) is 0.960. The molecule has 2 heterocycles. The topological polar surface area (TPSA) is 51.8 Å². The number of aromatic nitrogens is 3. The maximum absolute atomic E-state index is 5.20. The number of rotatable bonds is 3. The van der Waals surface area contributed by atoms with Gasteiger partial charge in [-0.05, 0) is 31.6 Å². The standard InChI is InChI=1S/C13H13N3O/c1-4-10(9(2)3)13-15-12(16-17-13)11-7-5-6-8-14-11/h4-8H,2H2,1,3H3/b10-4+. The Hall–Kier alpha value is -2.23. The van der Waals surface area contributed by atoms with Crippen molar-refractivity contribution in [2.24, 2.45) is 0 Å². The van der Waals surface area contributed by atoms with Gasteiger partial charge in [-0.3, -0.25) is 4.98 Å². The molecule has 0 spiro atoms. The predicted octanol–water partition coefficient (Wildman–Crippen LogP) is 3.11. The monoisotopic (exact) mass is 227 g/mol. The van der Waals surface area contributed by atoms with Crippen LogP contribution in [0.1, 0.15) is 19.7 Å². The van der Waals surface area contributed by atoms with Crippen molar-refractivity contribution in [1.29, 1.82) is 0 Å². The van der Waals surface area contributed by atoms with Crippen LogP contribution in [-0.4, -0.2) is 15.1 Å². The second-order valence-corrected chi connectivity index (χ2v) is 3.62. The average Bonchev–Trinajstić information content (AvgIpc) is 2.80. The third kappa shape index (κ3) is 2.30. The summed E-state index contributed by atoms with van der Waals surface area (Å²) in [6.45, 7) is 7.69. The molecule has 4 heteroatoms. The van der Waals surface area contributed by atoms with Gasteiger partial charge in [0.25, 0.3) is 5.89 Å². The molecule has 0 fully saturated rings. The van der Waals surface area contributed by atoms with E-state index in [0.717, 1.165) is 11.1 Å². The normalized spacial score (nSPS) is 11.5. The lowest BCUT2D eigenvalue weighted by atomic mass is 10.1. The minimum Gasteiger partial charge on any atom is -0.334 e. The van der Waals surface area contributed by atoms with Crippen LogP contribution in [-0.2, 0) is 0 Å². The molecule has 17 heavy (non-hydrogen) atoms. The molecule has 0 amide bonds. The van der Waals surface area contributed by atoms with E-state index in [1.54, 1.807) is 6.20 Å². The lowest BCUT2D eigenvalue weighted by molar-refractivity contribution is 0.408. The zero-order chi connectivity index (χ0) is 12.3. The third-order valence-corrected chi connectivity index (χ3v) is 2.30. The first-order valence-corrected chi connectivity index (χ1v) is 5.30. The summed E-state index contributed by atoms with van der Waals surface area (Å²) in [5.41, 5.74) is 2.45. The van der Waals surface area contributed by atoms with E-state index in [9.17, 15) is 0 Å². The predicted molar refractivity (Wildman–Crippen MR) is 66.0 cm³/mol. The van der Waals surface area contributed by atoms with E-state index in [-0.39, 0.29) is 0 Å². The molecule has 0 radical (unpaired) electrons. The molecule has 0 bridgehead atoms. The smallest absolute Gasteiger partial charge is 0.258 e. The molecule has 2 aromatic rings. The Morgan fingerprint density at radius 3 is 2.82 bits per heavy atom. The Balaban J connectivity index is 2.37. The Morgan fingerprint density at radius 2 is 2.24 bits per heavy atom. The Kier molecular flexibility index (Phi) is 3.14. The number of hydrogen-bond donors (Lipinski definition) is 0. The van der Waals surface area contributed by atoms with Crippen LogP contribution in [0.25, 0.3) is 17.1 Å². The molecule has 0 unspecified atom stereocenters. The summed E-state index contributed by atoms with van der Waals surface area (Å²) in [6.07, 6.45) is 3.60. The van der Waals surface area contributed by atoms with Gasteiger partial charge in [0.15, 0.2) is 0 Å². The van der Waals surface area contributed by atoms with Crippen molar-refractivity contribution < 1.29 is 4.52 Å². The average molecular weight is 227 g/mol. The van der Waals surface area contributed by atoms with E-state index in [1.165, 1.54) is 0 Å². The second kappa shape index (κ2) is 4.74. The van der Waals surface area contributed by atoms with Gasteiger partial charge < -0.3 is 4.52 Å². The molecule has 86 valence electrons. The molecule has 0 N–H and O–H groups in total. The van der Waals surface area contributed by atoms with Crippen LogP contribution < -0.4 is 0 Å². The number of allylic oxidation sites excluding steroid dienone is 3. The van der Waals surface area contributed by atoms with Crippen LogP contribution >= 0.6 is 0 Å². The van der Waals surface area contributed by atoms with E-state index in [1.807, 2.05) is 38.1 Å². The maximum Gasteiger partial charge on any atom is 0.258 e. The van der Waals surface area contributed by atoms with E-state index >= 15 is 0 Å². The molecule has 0 atom stereocenters. The van der Waals surface area contributed by atoms with Gasteiger partial charge in [-0.2, -0.15) is 4.98 Å². The summed E-state index contributed by atoms with van der Waals surface area (Å²) in [7, 11) is 0. The van der Waals surface area contributed by atoms with Crippen LogP contribution in [0, 0.1) is 0 Å². The van der Waals surface area contributed by atoms with Crippen LogP contribution in [0.3, 0.4) is 0 Å². The fourth-order valence-electron chi connectivity index (χ4n) is 1.48. The number of hydrogen-bond acceptors (Lipinski definition) is 4. The highest BCUT2D eigenvalue weighted by Crippen LogP contribution is 2.22. The first-order valence-electron chi connectivity index (χ1n) is 5.30. The highest BCUT2D eigenvalue weighted by Gasteiger charge is 2.12. The molecule has 2 rings (SSSR count). The molecular weight excluding hydrogens is 214 g/mol. The SMILES string of the molecule is C=C(C)/C(=C\C)c1nc(-c2ccccn2)no1. The van der Waals surface area contributed by atoms with Crippen molar-refractivity contribution in [3.05, 3.63) is 48.5 Å². The summed E-state index contributed by atoms with van der Waals surface area (Å²) < 4.78 is 5.20. The van der Waals surface area contributed by atoms with Crippen LogP contribution in [0.4, 0.5) is 0 Å². The van der Waals surface area contributed by atoms with Gasteiger partial charge in [-0.1, -0.05) is 23.9 Å². The lowest BCUT2D eigenvalue weighted by Crippen LogP contribution is -1.87. The first-order chi connectivity index (χ1) is 8.22. The van der Waals surface area contributed by atoms with Crippen molar-refractivity contribution in [2.45, 2.75) is 13.8 Å². The highest BCUT2D eigenvalue weighted by atomic mass is 16.5. The third-order valence-electron chi connectivity index (χ3n) is 2.30. The molecule has 0 aliphatic rings.